The largest absolute Gasteiger partial charge is 0.465 e. The van der Waals surface area contributed by atoms with Crippen molar-refractivity contribution in [2.75, 3.05) is 18.6 Å². The number of hydrogen-bond donors (Lipinski definition) is 0. The topological polar surface area (TPSA) is 77.3 Å². The third-order valence-corrected chi connectivity index (χ3v) is 6.01. The first-order valence-electron chi connectivity index (χ1n) is 9.83. The smallest absolute Gasteiger partial charge is 0.337 e. The molecule has 0 unspecified atom stereocenters. The summed E-state index contributed by atoms with van der Waals surface area (Å²) < 4.78 is 7.64. The number of aromatic nitrogens is 3. The molecule has 158 valence electrons. The molecule has 0 bridgehead atoms. The lowest BCUT2D eigenvalue weighted by Gasteiger charge is -2.20. The van der Waals surface area contributed by atoms with E-state index < -0.39 is 5.97 Å². The second-order valence-corrected chi connectivity index (χ2v) is 8.15. The van der Waals surface area contributed by atoms with Gasteiger partial charge in [0, 0.05) is 17.8 Å². The number of ether oxygens (including phenoxy) is 1. The summed E-state index contributed by atoms with van der Waals surface area (Å²) >= 11 is 1.47. The summed E-state index contributed by atoms with van der Waals surface area (Å²) in [5, 5.41) is 5.13. The molecule has 1 amide bonds. The van der Waals surface area contributed by atoms with Crippen LogP contribution in [0, 0.1) is 13.8 Å². The number of carbonyl (C=O) groups is 2. The van der Waals surface area contributed by atoms with Crippen LogP contribution < -0.4 is 4.90 Å². The zero-order valence-corrected chi connectivity index (χ0v) is 18.3. The molecule has 4 aromatic rings. The van der Waals surface area contributed by atoms with E-state index in [0.29, 0.717) is 29.3 Å². The second-order valence-electron chi connectivity index (χ2n) is 7.14. The van der Waals surface area contributed by atoms with E-state index in [1.165, 1.54) is 18.4 Å². The van der Waals surface area contributed by atoms with E-state index in [0.717, 1.165) is 21.6 Å². The van der Waals surface area contributed by atoms with E-state index in [1.54, 1.807) is 29.2 Å². The van der Waals surface area contributed by atoms with Gasteiger partial charge < -0.3 is 4.74 Å². The Morgan fingerprint density at radius 2 is 1.77 bits per heavy atom. The van der Waals surface area contributed by atoms with Crippen molar-refractivity contribution >= 4 is 38.6 Å². The fraction of sp³-hybridized carbons (Fsp3) is 0.217. The first-order chi connectivity index (χ1) is 15.0. The molecule has 31 heavy (non-hydrogen) atoms. The van der Waals surface area contributed by atoms with Crippen LogP contribution in [0.2, 0.25) is 0 Å². The minimum Gasteiger partial charge on any atom is -0.465 e. The highest BCUT2D eigenvalue weighted by Gasteiger charge is 2.22. The summed E-state index contributed by atoms with van der Waals surface area (Å²) in [7, 11) is 1.33. The minimum atomic E-state index is -0.438. The molecule has 0 aliphatic rings. The maximum absolute atomic E-state index is 13.4. The number of methoxy groups -OCH3 is 1. The Labute approximate surface area is 183 Å². The molecule has 4 rings (SSSR count). The highest BCUT2D eigenvalue weighted by Crippen LogP contribution is 2.29. The molecule has 8 heteroatoms. The van der Waals surface area contributed by atoms with Gasteiger partial charge in [-0.05, 0) is 56.3 Å². The zero-order chi connectivity index (χ0) is 22.0. The van der Waals surface area contributed by atoms with Crippen LogP contribution in [0.4, 0.5) is 5.13 Å². The average molecular weight is 435 g/mol. The fourth-order valence-corrected chi connectivity index (χ4v) is 4.37. The number of carbonyl (C=O) groups excluding carboxylic acids is 2. The predicted molar refractivity (Wildman–Crippen MR) is 121 cm³/mol. The van der Waals surface area contributed by atoms with Crippen LogP contribution in [0.1, 0.15) is 32.1 Å². The van der Waals surface area contributed by atoms with E-state index in [2.05, 4.69) is 10.1 Å². The van der Waals surface area contributed by atoms with Gasteiger partial charge in [-0.15, -0.1) is 0 Å². The van der Waals surface area contributed by atoms with Gasteiger partial charge in [-0.1, -0.05) is 23.5 Å². The van der Waals surface area contributed by atoms with E-state index in [1.807, 2.05) is 48.9 Å². The Morgan fingerprint density at radius 1 is 1.06 bits per heavy atom. The molecule has 0 N–H and O–H groups in total. The summed E-state index contributed by atoms with van der Waals surface area (Å²) in [6, 6.07) is 16.3. The van der Waals surface area contributed by atoms with Gasteiger partial charge in [0.05, 0.1) is 35.1 Å². The SMILES string of the molecule is COC(=O)c1ccc(C(=O)N(CCn2nc(C)cc2C)c2nc3ccccc3s2)cc1. The van der Waals surface area contributed by atoms with Crippen molar-refractivity contribution in [3.05, 3.63) is 77.1 Å². The van der Waals surface area contributed by atoms with E-state index in [9.17, 15) is 9.59 Å². The molecular formula is C23H22N4O3S. The number of thiazole rings is 1. The van der Waals surface area contributed by atoms with Gasteiger partial charge >= 0.3 is 5.97 Å². The first-order valence-corrected chi connectivity index (χ1v) is 10.6. The van der Waals surface area contributed by atoms with Crippen molar-refractivity contribution in [2.45, 2.75) is 20.4 Å². The lowest BCUT2D eigenvalue weighted by atomic mass is 10.1. The lowest BCUT2D eigenvalue weighted by Crippen LogP contribution is -2.34. The van der Waals surface area contributed by atoms with Gasteiger partial charge in [-0.3, -0.25) is 14.4 Å². The summed E-state index contributed by atoms with van der Waals surface area (Å²) in [5.74, 6) is -0.622. The molecule has 0 saturated heterocycles. The number of fused-ring (bicyclic) bond motifs is 1. The number of rotatable bonds is 6. The van der Waals surface area contributed by atoms with Crippen LogP contribution in [0.25, 0.3) is 10.2 Å². The molecule has 0 fully saturated rings. The quantitative estimate of drug-likeness (QED) is 0.424. The molecule has 0 saturated carbocycles. The van der Waals surface area contributed by atoms with Gasteiger partial charge in [0.2, 0.25) is 0 Å². The van der Waals surface area contributed by atoms with Crippen LogP contribution in [-0.4, -0.2) is 40.3 Å². The van der Waals surface area contributed by atoms with Crippen molar-refractivity contribution in [3.63, 3.8) is 0 Å². The predicted octanol–water partition coefficient (Wildman–Crippen LogP) is 4.24. The summed E-state index contributed by atoms with van der Waals surface area (Å²) in [5.41, 5.74) is 3.70. The Bertz CT molecular complexity index is 1210. The Hall–Kier alpha value is -3.52. The molecule has 2 aromatic carbocycles. The van der Waals surface area contributed by atoms with E-state index in [-0.39, 0.29) is 5.91 Å². The van der Waals surface area contributed by atoms with Crippen molar-refractivity contribution in [1.82, 2.24) is 14.8 Å². The molecule has 0 radical (unpaired) electrons. The molecular weight excluding hydrogens is 412 g/mol. The first kappa shape index (κ1) is 20.7. The van der Waals surface area contributed by atoms with Gasteiger partial charge in [-0.25, -0.2) is 9.78 Å². The third-order valence-electron chi connectivity index (χ3n) is 4.95. The number of para-hydroxylation sites is 1. The lowest BCUT2D eigenvalue weighted by molar-refractivity contribution is 0.0600. The Balaban J connectivity index is 1.66. The third kappa shape index (κ3) is 4.34. The van der Waals surface area contributed by atoms with E-state index >= 15 is 0 Å². The van der Waals surface area contributed by atoms with Crippen molar-refractivity contribution in [1.29, 1.82) is 0 Å². The Morgan fingerprint density at radius 3 is 2.42 bits per heavy atom. The van der Waals surface area contributed by atoms with Crippen LogP contribution in [0.5, 0.6) is 0 Å². The van der Waals surface area contributed by atoms with Crippen molar-refractivity contribution in [3.8, 4) is 0 Å². The minimum absolute atomic E-state index is 0.183. The van der Waals surface area contributed by atoms with Crippen LogP contribution in [0.3, 0.4) is 0 Å². The Kier molecular flexibility index (Phi) is 5.81. The van der Waals surface area contributed by atoms with Gasteiger partial charge in [0.25, 0.3) is 5.91 Å². The summed E-state index contributed by atoms with van der Waals surface area (Å²) in [6.07, 6.45) is 0. The average Bonchev–Trinajstić information content (AvgIpc) is 3.35. The van der Waals surface area contributed by atoms with Crippen LogP contribution in [0.15, 0.2) is 54.6 Å². The van der Waals surface area contributed by atoms with Gasteiger partial charge in [0.15, 0.2) is 5.13 Å². The number of hydrogen-bond acceptors (Lipinski definition) is 6. The number of benzene rings is 2. The number of anilines is 1. The monoisotopic (exact) mass is 434 g/mol. The van der Waals surface area contributed by atoms with Crippen LogP contribution >= 0.6 is 11.3 Å². The highest BCUT2D eigenvalue weighted by atomic mass is 32.1. The zero-order valence-electron chi connectivity index (χ0n) is 17.5. The maximum Gasteiger partial charge on any atom is 0.337 e. The molecule has 0 atom stereocenters. The van der Waals surface area contributed by atoms with Gasteiger partial charge in [-0.2, -0.15) is 5.10 Å². The molecule has 0 aliphatic heterocycles. The fourth-order valence-electron chi connectivity index (χ4n) is 3.38. The van der Waals surface area contributed by atoms with Crippen molar-refractivity contribution in [2.24, 2.45) is 0 Å². The maximum atomic E-state index is 13.4. The van der Waals surface area contributed by atoms with Crippen molar-refractivity contribution < 1.29 is 14.3 Å². The molecule has 2 aromatic heterocycles. The number of esters is 1. The number of amides is 1. The highest BCUT2D eigenvalue weighted by molar-refractivity contribution is 7.22. The standard InChI is InChI=1S/C23H22N4O3S/c1-15-14-16(2)27(25-15)13-12-26(23-24-19-6-4-5-7-20(19)31-23)21(28)17-8-10-18(11-9-17)22(29)30-3/h4-11,14H,12-13H2,1-3H3. The molecule has 0 aliphatic carbocycles. The number of nitrogens with zero attached hydrogens (tertiary/aromatic N) is 4. The molecule has 0 spiro atoms. The van der Waals surface area contributed by atoms with E-state index in [4.69, 9.17) is 4.74 Å². The summed E-state index contributed by atoms with van der Waals surface area (Å²) in [6.45, 7) is 4.90. The summed E-state index contributed by atoms with van der Waals surface area (Å²) in [4.78, 5) is 31.5. The van der Waals surface area contributed by atoms with Crippen LogP contribution in [-0.2, 0) is 11.3 Å². The van der Waals surface area contributed by atoms with Gasteiger partial charge in [0.1, 0.15) is 0 Å². The second kappa shape index (κ2) is 8.69. The normalized spacial score (nSPS) is 10.9. The number of aryl methyl sites for hydroxylation is 2. The molecule has 2 heterocycles. The molecule has 7 nitrogen and oxygen atoms in total.